The molecular formula is C22H17F4N5O2S. The predicted molar refractivity (Wildman–Crippen MR) is 116 cm³/mol. The highest BCUT2D eigenvalue weighted by Crippen LogP contribution is 2.32. The second kappa shape index (κ2) is 8.60. The average Bonchev–Trinajstić information content (AvgIpc) is 3.19. The van der Waals surface area contributed by atoms with Crippen LogP contribution in [0.3, 0.4) is 0 Å². The van der Waals surface area contributed by atoms with Crippen LogP contribution in [0.25, 0.3) is 33.9 Å². The highest BCUT2D eigenvalue weighted by Gasteiger charge is 2.34. The molecule has 0 N–H and O–H groups in total. The Balaban J connectivity index is 1.83. The Hall–Kier alpha value is -3.67. The molecule has 12 heteroatoms. The first kappa shape index (κ1) is 23.5. The normalized spacial score (nSPS) is 12.2. The Morgan fingerprint density at radius 3 is 2.21 bits per heavy atom. The molecule has 3 heterocycles. The molecular weight excluding hydrogens is 474 g/mol. The van der Waals surface area contributed by atoms with Gasteiger partial charge in [0.2, 0.25) is 5.82 Å². The first-order valence-corrected chi connectivity index (χ1v) is 11.6. The van der Waals surface area contributed by atoms with Crippen LogP contribution in [0.2, 0.25) is 0 Å². The number of halogens is 4. The standard InChI is InChI=1S/C22H17F4N5O2S/c1-3-34(32,33)18-8-14(13-5-4-6-16(23)7-13)9-27-19(18)20-28-12-17(31(20)2)15-10-29-21(30-11-15)22(24,25)26/h4-12H,3H2,1-2H3. The van der Waals surface area contributed by atoms with Crippen LogP contribution in [0.1, 0.15) is 12.7 Å². The third-order valence-electron chi connectivity index (χ3n) is 5.13. The molecule has 0 radical (unpaired) electrons. The van der Waals surface area contributed by atoms with E-state index in [1.54, 1.807) is 13.1 Å². The van der Waals surface area contributed by atoms with Crippen molar-refractivity contribution in [2.75, 3.05) is 5.75 Å². The Labute approximate surface area is 192 Å². The summed E-state index contributed by atoms with van der Waals surface area (Å²) in [5.74, 6) is -1.79. The largest absolute Gasteiger partial charge is 0.451 e. The number of sulfone groups is 1. The van der Waals surface area contributed by atoms with Gasteiger partial charge in [-0.2, -0.15) is 13.2 Å². The fourth-order valence-corrected chi connectivity index (χ4v) is 4.39. The molecule has 0 unspecified atom stereocenters. The zero-order valence-electron chi connectivity index (χ0n) is 17.9. The lowest BCUT2D eigenvalue weighted by molar-refractivity contribution is -0.144. The second-order valence-corrected chi connectivity index (χ2v) is 9.55. The second-order valence-electron chi connectivity index (χ2n) is 7.30. The van der Waals surface area contributed by atoms with Gasteiger partial charge in [-0.1, -0.05) is 19.1 Å². The van der Waals surface area contributed by atoms with E-state index < -0.39 is 27.7 Å². The minimum absolute atomic E-state index is 0.0589. The van der Waals surface area contributed by atoms with Gasteiger partial charge in [0.05, 0.1) is 22.5 Å². The molecule has 1 aromatic carbocycles. The van der Waals surface area contributed by atoms with Gasteiger partial charge in [-0.05, 0) is 23.8 Å². The number of hydrogen-bond acceptors (Lipinski definition) is 6. The number of benzene rings is 1. The van der Waals surface area contributed by atoms with Gasteiger partial charge < -0.3 is 4.57 Å². The fourth-order valence-electron chi connectivity index (χ4n) is 3.34. The maximum Gasteiger partial charge on any atom is 0.451 e. The molecule has 34 heavy (non-hydrogen) atoms. The molecule has 0 spiro atoms. The summed E-state index contributed by atoms with van der Waals surface area (Å²) in [7, 11) is -2.20. The fraction of sp³-hybridized carbons (Fsp3) is 0.182. The molecule has 0 fully saturated rings. The Morgan fingerprint density at radius 1 is 0.912 bits per heavy atom. The van der Waals surface area contributed by atoms with Gasteiger partial charge in [0.15, 0.2) is 15.7 Å². The van der Waals surface area contributed by atoms with Crippen molar-refractivity contribution in [3.8, 4) is 33.9 Å². The summed E-state index contributed by atoms with van der Waals surface area (Å²) < 4.78 is 79.2. The van der Waals surface area contributed by atoms with Crippen LogP contribution in [0.5, 0.6) is 0 Å². The Bertz CT molecular complexity index is 1470. The molecule has 0 aliphatic carbocycles. The van der Waals surface area contributed by atoms with Crippen molar-refractivity contribution >= 4 is 9.84 Å². The third-order valence-corrected chi connectivity index (χ3v) is 6.87. The van der Waals surface area contributed by atoms with Gasteiger partial charge in [0.1, 0.15) is 11.5 Å². The lowest BCUT2D eigenvalue weighted by atomic mass is 10.1. The first-order chi connectivity index (χ1) is 16.0. The molecule has 3 aromatic heterocycles. The predicted octanol–water partition coefficient (Wildman–Crippen LogP) is 4.56. The summed E-state index contributed by atoms with van der Waals surface area (Å²) in [6.07, 6.45) is 0.134. The lowest BCUT2D eigenvalue weighted by Gasteiger charge is -2.12. The molecule has 0 bridgehead atoms. The van der Waals surface area contributed by atoms with Gasteiger partial charge in [0.25, 0.3) is 0 Å². The number of rotatable bonds is 5. The van der Waals surface area contributed by atoms with Gasteiger partial charge in [-0.15, -0.1) is 0 Å². The number of imidazole rings is 1. The molecule has 0 saturated heterocycles. The molecule has 0 atom stereocenters. The van der Waals surface area contributed by atoms with E-state index in [0.29, 0.717) is 16.8 Å². The number of aromatic nitrogens is 5. The van der Waals surface area contributed by atoms with Crippen LogP contribution in [0, 0.1) is 5.82 Å². The van der Waals surface area contributed by atoms with Crippen LogP contribution in [0.15, 0.2) is 60.0 Å². The van der Waals surface area contributed by atoms with Crippen LogP contribution in [-0.4, -0.2) is 38.7 Å². The molecule has 0 saturated carbocycles. The molecule has 4 aromatic rings. The molecule has 0 amide bonds. The summed E-state index contributed by atoms with van der Waals surface area (Å²) in [6.45, 7) is 1.48. The van der Waals surface area contributed by atoms with E-state index in [0.717, 1.165) is 12.4 Å². The van der Waals surface area contributed by atoms with Crippen molar-refractivity contribution in [3.05, 3.63) is 66.8 Å². The van der Waals surface area contributed by atoms with Crippen LogP contribution in [0.4, 0.5) is 17.6 Å². The summed E-state index contributed by atoms with van der Waals surface area (Å²) in [5.41, 5.74) is 1.53. The van der Waals surface area contributed by atoms with E-state index in [1.165, 1.54) is 48.1 Å². The summed E-state index contributed by atoms with van der Waals surface area (Å²) >= 11 is 0. The lowest BCUT2D eigenvalue weighted by Crippen LogP contribution is -2.11. The van der Waals surface area contributed by atoms with E-state index in [9.17, 15) is 26.0 Å². The third kappa shape index (κ3) is 4.40. The van der Waals surface area contributed by atoms with Crippen molar-refractivity contribution in [1.29, 1.82) is 0 Å². The van der Waals surface area contributed by atoms with Gasteiger partial charge >= 0.3 is 6.18 Å². The average molecular weight is 491 g/mol. The van der Waals surface area contributed by atoms with Crippen LogP contribution >= 0.6 is 0 Å². The van der Waals surface area contributed by atoms with E-state index >= 15 is 0 Å². The number of alkyl halides is 3. The highest BCUT2D eigenvalue weighted by molar-refractivity contribution is 7.91. The quantitative estimate of drug-likeness (QED) is 0.380. The minimum Gasteiger partial charge on any atom is -0.326 e. The molecule has 0 aliphatic rings. The Morgan fingerprint density at radius 2 is 1.59 bits per heavy atom. The van der Waals surface area contributed by atoms with E-state index in [4.69, 9.17) is 0 Å². The van der Waals surface area contributed by atoms with Crippen LogP contribution < -0.4 is 0 Å². The molecule has 4 rings (SSSR count). The smallest absolute Gasteiger partial charge is 0.326 e. The van der Waals surface area contributed by atoms with Gasteiger partial charge in [-0.3, -0.25) is 4.98 Å². The minimum atomic E-state index is -4.67. The monoisotopic (exact) mass is 491 g/mol. The maximum absolute atomic E-state index is 13.7. The van der Waals surface area contributed by atoms with E-state index in [1.807, 2.05) is 0 Å². The maximum atomic E-state index is 13.7. The number of hydrogen-bond donors (Lipinski definition) is 0. The number of pyridine rings is 1. The summed E-state index contributed by atoms with van der Waals surface area (Å²) in [4.78, 5) is 15.2. The van der Waals surface area contributed by atoms with Crippen molar-refractivity contribution in [1.82, 2.24) is 24.5 Å². The zero-order valence-corrected chi connectivity index (χ0v) is 18.7. The van der Waals surface area contributed by atoms with Crippen LogP contribution in [-0.2, 0) is 23.1 Å². The molecule has 176 valence electrons. The SMILES string of the molecule is CCS(=O)(=O)c1cc(-c2cccc(F)c2)cnc1-c1ncc(-c2cnc(C(F)(F)F)nc2)n1C. The highest BCUT2D eigenvalue weighted by atomic mass is 32.2. The topological polar surface area (TPSA) is 90.6 Å². The van der Waals surface area contributed by atoms with Crippen molar-refractivity contribution < 1.29 is 26.0 Å². The summed E-state index contributed by atoms with van der Waals surface area (Å²) in [6, 6.07) is 7.08. The number of nitrogens with zero attached hydrogens (tertiary/aromatic N) is 5. The van der Waals surface area contributed by atoms with Crippen molar-refractivity contribution in [2.45, 2.75) is 18.0 Å². The van der Waals surface area contributed by atoms with Gasteiger partial charge in [-0.25, -0.2) is 27.8 Å². The first-order valence-electron chi connectivity index (χ1n) is 9.91. The zero-order chi connectivity index (χ0) is 24.7. The Kier molecular flexibility index (Phi) is 5.94. The summed E-state index contributed by atoms with van der Waals surface area (Å²) in [5, 5.41) is 0. The van der Waals surface area contributed by atoms with Crippen molar-refractivity contribution in [2.24, 2.45) is 7.05 Å². The van der Waals surface area contributed by atoms with Crippen molar-refractivity contribution in [3.63, 3.8) is 0 Å². The van der Waals surface area contributed by atoms with E-state index in [2.05, 4.69) is 19.9 Å². The van der Waals surface area contributed by atoms with Gasteiger partial charge in [0, 0.05) is 36.8 Å². The molecule has 0 aliphatic heterocycles. The molecule has 7 nitrogen and oxygen atoms in total. The van der Waals surface area contributed by atoms with E-state index in [-0.39, 0.29) is 27.7 Å².